The number of aliphatic hydroxyl groups excluding tert-OH is 2. The molecule has 12 N–H and O–H groups in total. The number of amides is 5. The van der Waals surface area contributed by atoms with Crippen molar-refractivity contribution in [3.05, 3.63) is 0 Å². The van der Waals surface area contributed by atoms with Crippen LogP contribution in [0.5, 0.6) is 0 Å². The Morgan fingerprint density at radius 2 is 1.04 bits per heavy atom. The summed E-state index contributed by atoms with van der Waals surface area (Å²) in [6, 6.07) is -3.05. The molecular formula is C56H103ClN8O9. The lowest BCUT2D eigenvalue weighted by molar-refractivity contribution is -0.143. The zero-order valence-electron chi connectivity index (χ0n) is 45.8. The number of hydrogen-bond acceptors (Lipinski definition) is 11. The van der Waals surface area contributed by atoms with E-state index < -0.39 is 60.2 Å². The maximum absolute atomic E-state index is 13.9. The highest BCUT2D eigenvalue weighted by Gasteiger charge is 2.86. The molecule has 17 nitrogen and oxygen atoms in total. The Kier molecular flexibility index (Phi) is 20.7. The van der Waals surface area contributed by atoms with Crippen LogP contribution in [0.2, 0.25) is 0 Å². The number of nitrogens with zero attached hydrogens (tertiary/aromatic N) is 1. The third-order valence-corrected chi connectivity index (χ3v) is 20.8. The Balaban J connectivity index is 0.000000327. The number of primary amides is 2. The summed E-state index contributed by atoms with van der Waals surface area (Å²) in [6.07, 6.45) is 13.8. The molecule has 74 heavy (non-hydrogen) atoms. The van der Waals surface area contributed by atoms with E-state index in [0.29, 0.717) is 48.5 Å². The predicted molar refractivity (Wildman–Crippen MR) is 293 cm³/mol. The van der Waals surface area contributed by atoms with Crippen LogP contribution < -0.4 is 38.1 Å². The van der Waals surface area contributed by atoms with Gasteiger partial charge in [-0.15, -0.1) is 12.4 Å². The van der Waals surface area contributed by atoms with E-state index in [1.807, 2.05) is 41.5 Å². The van der Waals surface area contributed by atoms with Gasteiger partial charge in [-0.2, -0.15) is 0 Å². The lowest BCUT2D eigenvalue weighted by Gasteiger charge is -2.36. The molecule has 0 radical (unpaired) electrons. The molecule has 6 saturated carbocycles. The number of aliphatic carboxylic acids is 1. The number of carbonyl (C=O) groups excluding carboxylic acids is 5. The predicted octanol–water partition coefficient (Wildman–Crippen LogP) is 5.40. The first kappa shape index (κ1) is 65.2. The molecule has 18 heteroatoms. The molecule has 2 heterocycles. The van der Waals surface area contributed by atoms with Crippen molar-refractivity contribution in [1.29, 1.82) is 0 Å². The standard InChI is InChI=1S/C27H46N4O4.C20H33N3O3.C7H15NO2.2CH4.ClH/c1-24(2,3)20(29-6)23(35)31-15-27(25(4,5)26(27)11-8-12-26)14-18(31)22(34)30-17(19(32)21(28)33)13-16-9-7-10-16;1-18(2)19(7-4-8-19)20(18)10-14(22-11-20)17(26)23-13(15(24)16(21)25)9-12-5-3-6-12;1-7(2,3)5(8-4)6(9)10;;;/h16-20,29,32H,7-15H2,1-6H3,(H2,28,33)(H,30,34);12-15,22,24H,3-11H2,1-2H3,(H2,21,25)(H,23,26);5,8H,1-4H3,(H,9,10);2*1H4;1H/t17?,18-,19?,20+,27+;13?,14-,15?,20+;5-;;;/m001.../s1. The van der Waals surface area contributed by atoms with Gasteiger partial charge in [0, 0.05) is 18.5 Å². The second-order valence-electron chi connectivity index (χ2n) is 26.6. The molecule has 2 saturated heterocycles. The van der Waals surface area contributed by atoms with E-state index in [4.69, 9.17) is 16.6 Å². The third-order valence-electron chi connectivity index (χ3n) is 20.8. The number of aliphatic hydroxyl groups is 2. The molecule has 0 aromatic heterocycles. The number of likely N-dealkylation sites (N-methyl/N-ethyl adjacent to an activating group) is 2. The molecule has 6 aliphatic carbocycles. The highest BCUT2D eigenvalue weighted by Crippen LogP contribution is 2.89. The molecule has 0 aromatic carbocycles. The largest absolute Gasteiger partial charge is 0.480 e. The van der Waals surface area contributed by atoms with E-state index in [1.165, 1.54) is 32.1 Å². The van der Waals surface area contributed by atoms with Crippen molar-refractivity contribution in [3.8, 4) is 0 Å². The highest BCUT2D eigenvalue weighted by atomic mass is 35.5. The molecule has 2 aliphatic heterocycles. The summed E-state index contributed by atoms with van der Waals surface area (Å²) in [6.45, 7) is 22.5. The number of carboxylic acid groups (broad SMARTS) is 1. The van der Waals surface area contributed by atoms with Crippen LogP contribution in [-0.2, 0) is 28.8 Å². The first-order chi connectivity index (χ1) is 32.9. The number of fused-ring (bicyclic) bond motifs is 2. The zero-order chi connectivity index (χ0) is 53.1. The molecular weight excluding hydrogens is 964 g/mol. The van der Waals surface area contributed by atoms with Crippen molar-refractivity contribution in [1.82, 2.24) is 31.5 Å². The number of hydrogen-bond donors (Lipinski definition) is 10. The first-order valence-electron chi connectivity index (χ1n) is 27.0. The van der Waals surface area contributed by atoms with Gasteiger partial charge < -0.3 is 58.3 Å². The van der Waals surface area contributed by atoms with Gasteiger partial charge in [0.1, 0.15) is 12.1 Å². The van der Waals surface area contributed by atoms with Gasteiger partial charge in [-0.3, -0.25) is 28.8 Å². The minimum absolute atomic E-state index is 0. The third kappa shape index (κ3) is 11.3. The fourth-order valence-electron chi connectivity index (χ4n) is 15.5. The Hall–Kier alpha value is -3.09. The van der Waals surface area contributed by atoms with E-state index in [2.05, 4.69) is 54.3 Å². The van der Waals surface area contributed by atoms with Crippen LogP contribution in [0.15, 0.2) is 0 Å². The monoisotopic (exact) mass is 1070 g/mol. The van der Waals surface area contributed by atoms with Crippen LogP contribution in [0.3, 0.4) is 0 Å². The summed E-state index contributed by atoms with van der Waals surface area (Å²) in [5.41, 5.74) is 11.3. The fraction of sp³-hybridized carbons (Fsp3) is 0.893. The Labute approximate surface area is 450 Å². The molecule has 428 valence electrons. The number of halogens is 1. The van der Waals surface area contributed by atoms with Gasteiger partial charge in [0.05, 0.1) is 24.2 Å². The van der Waals surface area contributed by atoms with E-state index in [9.17, 15) is 39.0 Å². The highest BCUT2D eigenvalue weighted by molar-refractivity contribution is 5.92. The summed E-state index contributed by atoms with van der Waals surface area (Å²) >= 11 is 0. The zero-order valence-corrected chi connectivity index (χ0v) is 46.6. The number of carboxylic acids is 1. The summed E-state index contributed by atoms with van der Waals surface area (Å²) in [5, 5.41) is 44.6. The van der Waals surface area contributed by atoms with Gasteiger partial charge in [0.2, 0.25) is 29.5 Å². The minimum atomic E-state index is -1.44. The summed E-state index contributed by atoms with van der Waals surface area (Å²) in [5.74, 6) is -1.97. The lowest BCUT2D eigenvalue weighted by atomic mass is 9.73. The number of carbonyl (C=O) groups is 6. The van der Waals surface area contributed by atoms with Crippen molar-refractivity contribution in [2.45, 2.75) is 235 Å². The van der Waals surface area contributed by atoms with Crippen LogP contribution in [0.1, 0.15) is 187 Å². The Morgan fingerprint density at radius 3 is 1.34 bits per heavy atom. The van der Waals surface area contributed by atoms with E-state index in [0.717, 1.165) is 57.9 Å². The topological polar surface area (TPSA) is 279 Å². The van der Waals surface area contributed by atoms with Gasteiger partial charge in [-0.05, 0) is 115 Å². The molecule has 10 atom stereocenters. The summed E-state index contributed by atoms with van der Waals surface area (Å²) in [4.78, 5) is 76.2. The summed E-state index contributed by atoms with van der Waals surface area (Å²) < 4.78 is 0. The van der Waals surface area contributed by atoms with E-state index >= 15 is 0 Å². The molecule has 8 aliphatic rings. The van der Waals surface area contributed by atoms with Gasteiger partial charge in [-0.25, -0.2) is 0 Å². The maximum Gasteiger partial charge on any atom is 0.321 e. The minimum Gasteiger partial charge on any atom is -0.480 e. The van der Waals surface area contributed by atoms with Crippen LogP contribution in [0, 0.1) is 55.2 Å². The second-order valence-corrected chi connectivity index (χ2v) is 26.6. The fourth-order valence-corrected chi connectivity index (χ4v) is 15.5. The van der Waals surface area contributed by atoms with Gasteiger partial charge in [0.25, 0.3) is 0 Å². The van der Waals surface area contributed by atoms with Crippen LogP contribution in [0.4, 0.5) is 0 Å². The average molecular weight is 1070 g/mol. The number of nitrogens with one attached hydrogen (secondary N) is 5. The Morgan fingerprint density at radius 1 is 0.635 bits per heavy atom. The van der Waals surface area contributed by atoms with Crippen molar-refractivity contribution in [2.75, 3.05) is 27.2 Å². The smallest absolute Gasteiger partial charge is 0.321 e. The van der Waals surface area contributed by atoms with Gasteiger partial charge in [-0.1, -0.05) is 135 Å². The molecule has 8 rings (SSSR count). The normalized spacial score (nSPS) is 29.6. The van der Waals surface area contributed by atoms with Crippen LogP contribution in [-0.4, -0.2) is 131 Å². The van der Waals surface area contributed by atoms with Crippen molar-refractivity contribution < 1.29 is 44.1 Å². The number of nitrogens with two attached hydrogens (primary N) is 2. The molecule has 0 bridgehead atoms. The quantitative estimate of drug-likeness (QED) is 0.0930. The van der Waals surface area contributed by atoms with Gasteiger partial charge >= 0.3 is 5.97 Å². The average Bonchev–Trinajstić information content (AvgIpc) is 3.53. The molecule has 4 unspecified atom stereocenters. The van der Waals surface area contributed by atoms with E-state index in [-0.39, 0.29) is 83.5 Å². The van der Waals surface area contributed by atoms with Crippen LogP contribution in [0.25, 0.3) is 0 Å². The summed E-state index contributed by atoms with van der Waals surface area (Å²) in [7, 11) is 3.45. The molecule has 4 spiro atoms. The van der Waals surface area contributed by atoms with Gasteiger partial charge in [0.15, 0.2) is 12.2 Å². The maximum atomic E-state index is 13.9. The van der Waals surface area contributed by atoms with E-state index in [1.54, 1.807) is 19.0 Å². The van der Waals surface area contributed by atoms with Crippen molar-refractivity contribution in [3.63, 3.8) is 0 Å². The molecule has 0 aromatic rings. The lowest BCUT2D eigenvalue weighted by Crippen LogP contribution is -2.58. The van der Waals surface area contributed by atoms with Crippen LogP contribution >= 0.6 is 12.4 Å². The second kappa shape index (κ2) is 23.5. The SMILES string of the molecule is C.C.CC1(C)C2(CCC2)[C@]12CN[C@H](C(=O)NC(CC1CCC1)C(O)C(N)=O)C2.CN[C@H](C(=O)N1C[C@]2(C[C@H]1C(=O)NC(CC1CCC1)C(O)C(N)=O)C(C)(C)C21CCC1)C(C)(C)C.CN[C@H](C(=O)O)C(C)(C)C.Cl. The van der Waals surface area contributed by atoms with Crippen molar-refractivity contribution >= 4 is 47.9 Å². The number of likely N-dealkylation sites (tertiary alicyclic amines) is 1. The first-order valence-corrected chi connectivity index (χ1v) is 27.0. The number of rotatable bonds is 16. The Bertz CT molecular complexity index is 2010. The molecule has 5 amide bonds. The molecule has 8 fully saturated rings. The van der Waals surface area contributed by atoms with Crippen molar-refractivity contribution in [2.24, 2.45) is 66.6 Å².